The number of rotatable bonds is 6. The Hall–Kier alpha value is -3.20. The van der Waals surface area contributed by atoms with E-state index >= 15 is 0 Å². The molecule has 0 aliphatic rings. The molecule has 0 fully saturated rings. The molecule has 0 saturated heterocycles. The molecule has 0 aromatic heterocycles. The van der Waals surface area contributed by atoms with Crippen LogP contribution in [0.15, 0.2) is 60.7 Å². The average Bonchev–Trinajstić information content (AvgIpc) is 2.74. The van der Waals surface area contributed by atoms with E-state index in [1.807, 2.05) is 102 Å². The topological polar surface area (TPSA) is 46.2 Å². The van der Waals surface area contributed by atoms with Crippen LogP contribution in [-0.2, 0) is 4.79 Å². The fraction of sp³-hybridized carbons (Fsp3) is 0.286. The van der Waals surface area contributed by atoms with Gasteiger partial charge in [-0.15, -0.1) is 0 Å². The molecule has 0 heterocycles. The van der Waals surface area contributed by atoms with Crippen molar-refractivity contribution in [3.8, 4) is 0 Å². The van der Waals surface area contributed by atoms with Gasteiger partial charge in [-0.3, -0.25) is 9.59 Å². The lowest BCUT2D eigenvalue weighted by molar-refractivity contribution is -0.118. The summed E-state index contributed by atoms with van der Waals surface area (Å²) >= 11 is 0. The molecule has 0 aliphatic heterocycles. The van der Waals surface area contributed by atoms with E-state index in [2.05, 4.69) is 5.32 Å². The van der Waals surface area contributed by atoms with Crippen LogP contribution in [0, 0.1) is 40.5 Å². The number of benzene rings is 3. The van der Waals surface area contributed by atoms with Gasteiger partial charge in [-0.2, -0.15) is 0 Å². The highest BCUT2D eigenvalue weighted by Gasteiger charge is 2.32. The van der Waals surface area contributed by atoms with Crippen LogP contribution in [0.4, 0.5) is 5.69 Å². The summed E-state index contributed by atoms with van der Waals surface area (Å²) in [7, 11) is 0. The van der Waals surface area contributed by atoms with E-state index < -0.39 is 11.8 Å². The highest BCUT2D eigenvalue weighted by Crippen LogP contribution is 2.31. The predicted molar refractivity (Wildman–Crippen MR) is 128 cm³/mol. The lowest BCUT2D eigenvalue weighted by atomic mass is 9.80. The fourth-order valence-corrected chi connectivity index (χ4v) is 3.79. The first-order chi connectivity index (χ1) is 14.7. The van der Waals surface area contributed by atoms with Gasteiger partial charge in [0.25, 0.3) is 0 Å². The summed E-state index contributed by atoms with van der Waals surface area (Å²) in [6, 6.07) is 19.5. The van der Waals surface area contributed by atoms with Crippen molar-refractivity contribution in [1.82, 2.24) is 0 Å². The number of amides is 1. The highest BCUT2D eigenvalue weighted by molar-refractivity contribution is 6.04. The van der Waals surface area contributed by atoms with E-state index in [1.165, 1.54) is 0 Å². The maximum atomic E-state index is 13.4. The van der Waals surface area contributed by atoms with Crippen molar-refractivity contribution in [3.63, 3.8) is 0 Å². The van der Waals surface area contributed by atoms with Gasteiger partial charge in [0.1, 0.15) is 0 Å². The van der Waals surface area contributed by atoms with Crippen molar-refractivity contribution < 1.29 is 9.59 Å². The summed E-state index contributed by atoms with van der Waals surface area (Å²) in [4.78, 5) is 26.8. The Labute approximate surface area is 185 Å². The van der Waals surface area contributed by atoms with Crippen LogP contribution >= 0.6 is 0 Å². The van der Waals surface area contributed by atoms with Crippen LogP contribution in [0.5, 0.6) is 0 Å². The summed E-state index contributed by atoms with van der Waals surface area (Å²) in [5, 5.41) is 3.02. The zero-order chi connectivity index (χ0) is 22.7. The largest absolute Gasteiger partial charge is 0.326 e. The van der Waals surface area contributed by atoms with Crippen molar-refractivity contribution in [3.05, 3.63) is 99.6 Å². The minimum atomic E-state index is -0.588. The van der Waals surface area contributed by atoms with Crippen molar-refractivity contribution in [2.75, 3.05) is 5.32 Å². The summed E-state index contributed by atoms with van der Waals surface area (Å²) in [6.07, 6.45) is 0. The SMILES string of the molecule is Cc1ccc(NC(=O)C(c2ccc(C)c(C)c2)C(C)C(=O)c2ccc(C)c(C)c2)cc1. The van der Waals surface area contributed by atoms with Crippen LogP contribution in [0.1, 0.15) is 56.6 Å². The number of ketones is 1. The van der Waals surface area contributed by atoms with Crippen LogP contribution in [0.2, 0.25) is 0 Å². The van der Waals surface area contributed by atoms with E-state index in [1.54, 1.807) is 0 Å². The maximum absolute atomic E-state index is 13.4. The van der Waals surface area contributed by atoms with Gasteiger partial charge in [0.05, 0.1) is 5.92 Å². The van der Waals surface area contributed by atoms with E-state index in [9.17, 15) is 9.59 Å². The van der Waals surface area contributed by atoms with E-state index in [0.717, 1.165) is 39.1 Å². The van der Waals surface area contributed by atoms with Gasteiger partial charge in [-0.05, 0) is 80.6 Å². The molecule has 1 amide bonds. The quantitative estimate of drug-likeness (QED) is 0.471. The first-order valence-electron chi connectivity index (χ1n) is 10.7. The van der Waals surface area contributed by atoms with Gasteiger partial charge in [-0.1, -0.05) is 55.0 Å². The number of nitrogens with one attached hydrogen (secondary N) is 1. The third-order valence-electron chi connectivity index (χ3n) is 6.20. The number of carbonyl (C=O) groups excluding carboxylic acids is 2. The molecule has 3 aromatic rings. The molecule has 0 radical (unpaired) electrons. The Kier molecular flexibility index (Phi) is 6.74. The standard InChI is InChI=1S/C28H31NO2/c1-17-7-13-25(14-8-17)29-28(31)26(23-11-9-18(2)20(4)15-23)22(6)27(30)24-12-10-19(3)21(5)16-24/h7-16,22,26H,1-6H3,(H,29,31). The monoisotopic (exact) mass is 413 g/mol. The molecule has 3 heteroatoms. The molecule has 0 bridgehead atoms. The predicted octanol–water partition coefficient (Wildman–Crippen LogP) is 6.47. The first-order valence-corrected chi connectivity index (χ1v) is 10.7. The second-order valence-electron chi connectivity index (χ2n) is 8.63. The van der Waals surface area contributed by atoms with Gasteiger partial charge < -0.3 is 5.32 Å². The number of Topliss-reactive ketones (excluding diaryl/α,β-unsaturated/α-hetero) is 1. The Morgan fingerprint density at radius 1 is 0.710 bits per heavy atom. The lowest BCUT2D eigenvalue weighted by Crippen LogP contribution is -2.31. The molecule has 3 rings (SSSR count). The zero-order valence-electron chi connectivity index (χ0n) is 19.2. The Bertz CT molecular complexity index is 1110. The zero-order valence-corrected chi connectivity index (χ0v) is 19.2. The molecule has 0 saturated carbocycles. The molecule has 160 valence electrons. The highest BCUT2D eigenvalue weighted by atomic mass is 16.2. The van der Waals surface area contributed by atoms with Gasteiger partial charge in [-0.25, -0.2) is 0 Å². The van der Waals surface area contributed by atoms with Crippen molar-refractivity contribution in [1.29, 1.82) is 0 Å². The normalized spacial score (nSPS) is 12.8. The van der Waals surface area contributed by atoms with E-state index in [-0.39, 0.29) is 11.7 Å². The number of aryl methyl sites for hydroxylation is 5. The van der Waals surface area contributed by atoms with Crippen LogP contribution in [0.25, 0.3) is 0 Å². The number of carbonyl (C=O) groups is 2. The summed E-state index contributed by atoms with van der Waals surface area (Å²) < 4.78 is 0. The second kappa shape index (κ2) is 9.30. The molecule has 1 N–H and O–H groups in total. The molecular formula is C28H31NO2. The molecule has 3 nitrogen and oxygen atoms in total. The van der Waals surface area contributed by atoms with Gasteiger partial charge >= 0.3 is 0 Å². The summed E-state index contributed by atoms with van der Waals surface area (Å²) in [5.74, 6) is -1.29. The summed E-state index contributed by atoms with van der Waals surface area (Å²) in [6.45, 7) is 12.0. The van der Waals surface area contributed by atoms with E-state index in [0.29, 0.717) is 5.56 Å². The number of hydrogen-bond acceptors (Lipinski definition) is 2. The van der Waals surface area contributed by atoms with Crippen LogP contribution in [0.3, 0.4) is 0 Å². The molecule has 2 atom stereocenters. The van der Waals surface area contributed by atoms with Gasteiger partial charge in [0.2, 0.25) is 5.91 Å². The lowest BCUT2D eigenvalue weighted by Gasteiger charge is -2.24. The third-order valence-corrected chi connectivity index (χ3v) is 6.20. The van der Waals surface area contributed by atoms with Crippen molar-refractivity contribution in [2.24, 2.45) is 5.92 Å². The Balaban J connectivity index is 1.98. The molecule has 31 heavy (non-hydrogen) atoms. The molecule has 0 aliphatic carbocycles. The fourth-order valence-electron chi connectivity index (χ4n) is 3.79. The molecular weight excluding hydrogens is 382 g/mol. The smallest absolute Gasteiger partial charge is 0.232 e. The Morgan fingerprint density at radius 2 is 1.29 bits per heavy atom. The molecule has 3 aromatic carbocycles. The second-order valence-corrected chi connectivity index (χ2v) is 8.63. The minimum Gasteiger partial charge on any atom is -0.326 e. The molecule has 0 spiro atoms. The van der Waals surface area contributed by atoms with E-state index in [4.69, 9.17) is 0 Å². The Morgan fingerprint density at radius 3 is 1.87 bits per heavy atom. The number of anilines is 1. The van der Waals surface area contributed by atoms with Gasteiger partial charge in [0, 0.05) is 17.2 Å². The minimum absolute atomic E-state index is 0.0228. The average molecular weight is 414 g/mol. The summed E-state index contributed by atoms with van der Waals surface area (Å²) in [5.41, 5.74) is 7.85. The first kappa shape index (κ1) is 22.5. The third kappa shape index (κ3) is 5.11. The van der Waals surface area contributed by atoms with Crippen molar-refractivity contribution >= 4 is 17.4 Å². The number of hydrogen-bond donors (Lipinski definition) is 1. The van der Waals surface area contributed by atoms with Crippen LogP contribution in [-0.4, -0.2) is 11.7 Å². The molecule has 2 unspecified atom stereocenters. The van der Waals surface area contributed by atoms with Crippen LogP contribution < -0.4 is 5.32 Å². The maximum Gasteiger partial charge on any atom is 0.232 e. The van der Waals surface area contributed by atoms with Crippen molar-refractivity contribution in [2.45, 2.75) is 47.5 Å². The van der Waals surface area contributed by atoms with Gasteiger partial charge in [0.15, 0.2) is 5.78 Å².